The Morgan fingerprint density at radius 3 is 2.13 bits per heavy atom. The van der Waals surface area contributed by atoms with Crippen molar-refractivity contribution in [2.75, 3.05) is 61.2 Å². The first-order valence-electron chi connectivity index (χ1n) is 10.1. The maximum atomic E-state index is 5.53. The fraction of sp³-hybridized carbons (Fsp3) is 0.667. The number of halogens is 1. The molecule has 1 aromatic carbocycles. The van der Waals surface area contributed by atoms with Gasteiger partial charge in [0.2, 0.25) is 0 Å². The first kappa shape index (κ1) is 26.6. The summed E-state index contributed by atoms with van der Waals surface area (Å²) in [6.07, 6.45) is 0. The van der Waals surface area contributed by atoms with Gasteiger partial charge in [-0.25, -0.2) is 0 Å². The molecular formula is C21H37IN4O4. The van der Waals surface area contributed by atoms with Crippen LogP contribution in [0.5, 0.6) is 17.2 Å². The summed E-state index contributed by atoms with van der Waals surface area (Å²) in [5.74, 6) is 3.37. The van der Waals surface area contributed by atoms with Gasteiger partial charge in [-0.2, -0.15) is 0 Å². The molecule has 1 aromatic rings. The zero-order valence-corrected chi connectivity index (χ0v) is 21.3. The third-order valence-corrected chi connectivity index (χ3v) is 5.24. The summed E-state index contributed by atoms with van der Waals surface area (Å²) in [7, 11) is 6.68. The molecule has 1 aliphatic heterocycles. The van der Waals surface area contributed by atoms with E-state index in [4.69, 9.17) is 18.9 Å². The van der Waals surface area contributed by atoms with Crippen LogP contribution in [-0.2, 0) is 11.3 Å². The maximum absolute atomic E-state index is 5.53. The van der Waals surface area contributed by atoms with Crippen LogP contribution in [0.15, 0.2) is 17.1 Å². The lowest BCUT2D eigenvalue weighted by Crippen LogP contribution is -2.52. The average Bonchev–Trinajstić information content (AvgIpc) is 2.75. The van der Waals surface area contributed by atoms with E-state index in [2.05, 4.69) is 34.4 Å². The number of rotatable bonds is 9. The molecule has 9 heteroatoms. The van der Waals surface area contributed by atoms with E-state index in [1.165, 1.54) is 0 Å². The second kappa shape index (κ2) is 13.8. The van der Waals surface area contributed by atoms with Gasteiger partial charge in [-0.05, 0) is 5.92 Å². The van der Waals surface area contributed by atoms with Crippen molar-refractivity contribution in [2.24, 2.45) is 10.9 Å². The summed E-state index contributed by atoms with van der Waals surface area (Å²) in [4.78, 5) is 6.86. The van der Waals surface area contributed by atoms with E-state index < -0.39 is 0 Å². The number of hydrogen-bond acceptors (Lipinski definition) is 6. The highest BCUT2D eigenvalue weighted by Crippen LogP contribution is 2.33. The standard InChI is InChI=1S/C21H36N4O4.HI/c1-15(2)18(25-7-9-29-10-8-25)14-24-21(22-3)23-13-17-19(27-5)11-16(26-4)12-20(17)28-6;/h11-12,15,18H,7-10,13-14H2,1-6H3,(H2,22,23,24);1H. The lowest BCUT2D eigenvalue weighted by atomic mass is 10.0. The maximum Gasteiger partial charge on any atom is 0.191 e. The van der Waals surface area contributed by atoms with E-state index in [1.807, 2.05) is 12.1 Å². The van der Waals surface area contributed by atoms with Crippen LogP contribution in [0.4, 0.5) is 0 Å². The third kappa shape index (κ3) is 7.35. The van der Waals surface area contributed by atoms with Gasteiger partial charge in [0.15, 0.2) is 5.96 Å². The minimum absolute atomic E-state index is 0. The molecule has 1 unspecified atom stereocenters. The normalized spacial score (nSPS) is 15.9. The molecule has 2 N–H and O–H groups in total. The minimum Gasteiger partial charge on any atom is -0.496 e. The number of benzene rings is 1. The zero-order chi connectivity index (χ0) is 21.2. The van der Waals surface area contributed by atoms with Crippen molar-refractivity contribution in [3.05, 3.63) is 17.7 Å². The van der Waals surface area contributed by atoms with E-state index in [-0.39, 0.29) is 24.0 Å². The van der Waals surface area contributed by atoms with E-state index in [1.54, 1.807) is 28.4 Å². The Morgan fingerprint density at radius 2 is 1.67 bits per heavy atom. The molecule has 1 fully saturated rings. The van der Waals surface area contributed by atoms with Gasteiger partial charge < -0.3 is 29.6 Å². The van der Waals surface area contributed by atoms with Crippen LogP contribution in [0, 0.1) is 5.92 Å². The fourth-order valence-electron chi connectivity index (χ4n) is 3.54. The Bertz CT molecular complexity index is 641. The summed E-state index contributed by atoms with van der Waals surface area (Å²) in [6.45, 7) is 9.37. The highest BCUT2D eigenvalue weighted by Gasteiger charge is 2.24. The summed E-state index contributed by atoms with van der Waals surface area (Å²) >= 11 is 0. The lowest BCUT2D eigenvalue weighted by Gasteiger charge is -2.37. The predicted molar refractivity (Wildman–Crippen MR) is 131 cm³/mol. The van der Waals surface area contributed by atoms with Crippen LogP contribution in [-0.4, -0.2) is 78.1 Å². The van der Waals surface area contributed by atoms with Crippen molar-refractivity contribution in [1.82, 2.24) is 15.5 Å². The molecule has 172 valence electrons. The average molecular weight is 536 g/mol. The van der Waals surface area contributed by atoms with Gasteiger partial charge in [-0.15, -0.1) is 24.0 Å². The summed E-state index contributed by atoms with van der Waals surface area (Å²) in [5.41, 5.74) is 0.910. The summed E-state index contributed by atoms with van der Waals surface area (Å²) in [6, 6.07) is 4.12. The van der Waals surface area contributed by atoms with Gasteiger partial charge in [0.1, 0.15) is 17.2 Å². The predicted octanol–water partition coefficient (Wildman–Crippen LogP) is 2.35. The summed E-state index contributed by atoms with van der Waals surface area (Å²) in [5, 5.41) is 6.83. The van der Waals surface area contributed by atoms with Crippen molar-refractivity contribution >= 4 is 29.9 Å². The van der Waals surface area contributed by atoms with Crippen LogP contribution in [0.1, 0.15) is 19.4 Å². The van der Waals surface area contributed by atoms with Gasteiger partial charge >= 0.3 is 0 Å². The van der Waals surface area contributed by atoms with Crippen molar-refractivity contribution in [3.8, 4) is 17.2 Å². The van der Waals surface area contributed by atoms with E-state index in [9.17, 15) is 0 Å². The van der Waals surface area contributed by atoms with Gasteiger partial charge in [-0.1, -0.05) is 13.8 Å². The number of nitrogens with zero attached hydrogens (tertiary/aromatic N) is 2. The highest BCUT2D eigenvalue weighted by atomic mass is 127. The third-order valence-electron chi connectivity index (χ3n) is 5.24. The fourth-order valence-corrected chi connectivity index (χ4v) is 3.54. The molecule has 0 aliphatic carbocycles. The molecule has 1 atom stereocenters. The molecule has 0 aromatic heterocycles. The number of methoxy groups -OCH3 is 3. The van der Waals surface area contributed by atoms with E-state index in [0.29, 0.717) is 35.8 Å². The van der Waals surface area contributed by atoms with Crippen molar-refractivity contribution in [3.63, 3.8) is 0 Å². The number of hydrogen-bond donors (Lipinski definition) is 2. The SMILES string of the molecule is CN=C(NCc1c(OC)cc(OC)cc1OC)NCC(C(C)C)N1CCOCC1.I. The molecule has 1 aliphatic rings. The Kier molecular flexibility index (Phi) is 12.2. The Hall–Kier alpha value is -1.46. The quantitative estimate of drug-likeness (QED) is 0.285. The molecular weight excluding hydrogens is 499 g/mol. The van der Waals surface area contributed by atoms with Crippen LogP contribution in [0.2, 0.25) is 0 Å². The largest absolute Gasteiger partial charge is 0.496 e. The van der Waals surface area contributed by atoms with E-state index in [0.717, 1.165) is 44.4 Å². The topological polar surface area (TPSA) is 76.6 Å². The number of aliphatic imine (C=N–C) groups is 1. The highest BCUT2D eigenvalue weighted by molar-refractivity contribution is 14.0. The second-order valence-corrected chi connectivity index (χ2v) is 7.28. The minimum atomic E-state index is 0. The molecule has 0 radical (unpaired) electrons. The van der Waals surface area contributed by atoms with Crippen LogP contribution in [0.3, 0.4) is 0 Å². The molecule has 1 heterocycles. The van der Waals surface area contributed by atoms with E-state index >= 15 is 0 Å². The first-order chi connectivity index (χ1) is 14.0. The van der Waals surface area contributed by atoms with Crippen molar-refractivity contribution in [1.29, 1.82) is 0 Å². The van der Waals surface area contributed by atoms with Crippen LogP contribution in [0.25, 0.3) is 0 Å². The molecule has 8 nitrogen and oxygen atoms in total. The molecule has 30 heavy (non-hydrogen) atoms. The van der Waals surface area contributed by atoms with Crippen molar-refractivity contribution < 1.29 is 18.9 Å². The lowest BCUT2D eigenvalue weighted by molar-refractivity contribution is 0.00752. The number of ether oxygens (including phenoxy) is 4. The molecule has 0 bridgehead atoms. The van der Waals surface area contributed by atoms with Crippen molar-refractivity contribution in [2.45, 2.75) is 26.4 Å². The van der Waals surface area contributed by atoms with Gasteiger partial charge in [0, 0.05) is 44.9 Å². The van der Waals surface area contributed by atoms with Crippen LogP contribution >= 0.6 is 24.0 Å². The Morgan fingerprint density at radius 1 is 1.07 bits per heavy atom. The molecule has 1 saturated heterocycles. The number of nitrogens with one attached hydrogen (secondary N) is 2. The summed E-state index contributed by atoms with van der Waals surface area (Å²) < 4.78 is 21.9. The smallest absolute Gasteiger partial charge is 0.191 e. The number of guanidine groups is 1. The molecule has 2 rings (SSSR count). The second-order valence-electron chi connectivity index (χ2n) is 7.28. The van der Waals surface area contributed by atoms with Gasteiger partial charge in [-0.3, -0.25) is 9.89 Å². The molecule has 0 spiro atoms. The van der Waals surface area contributed by atoms with Gasteiger partial charge in [0.25, 0.3) is 0 Å². The Balaban J connectivity index is 0.00000450. The number of morpholine rings is 1. The molecule has 0 saturated carbocycles. The van der Waals surface area contributed by atoms with Crippen LogP contribution < -0.4 is 24.8 Å². The first-order valence-corrected chi connectivity index (χ1v) is 10.1. The zero-order valence-electron chi connectivity index (χ0n) is 19.0. The monoisotopic (exact) mass is 536 g/mol. The molecule has 0 amide bonds. The Labute approximate surface area is 197 Å². The van der Waals surface area contributed by atoms with Gasteiger partial charge in [0.05, 0.1) is 46.7 Å².